The number of carbonyl (C=O) groups is 1. The van der Waals surface area contributed by atoms with Gasteiger partial charge < -0.3 is 15.9 Å². The van der Waals surface area contributed by atoms with Gasteiger partial charge in [0.05, 0.1) is 23.1 Å². The molecular weight excluding hydrogens is 340 g/mol. The average molecular weight is 360 g/mol. The van der Waals surface area contributed by atoms with E-state index in [1.807, 2.05) is 48.5 Å². The molecule has 5 nitrogen and oxygen atoms in total. The molecule has 0 saturated carbocycles. The molecule has 5 heteroatoms. The number of nitrogens with zero attached hydrogens (tertiary/aromatic N) is 1. The Hall–Kier alpha value is -3.44. The number of carboxylic acid groups (broad SMARTS) is 1. The van der Waals surface area contributed by atoms with Crippen molar-refractivity contribution in [2.75, 3.05) is 5.32 Å². The molecule has 0 fully saturated rings. The Bertz CT molecular complexity index is 1120. The fraction of sp³-hybridized carbons (Fsp3) is 0.0909. The fourth-order valence-electron chi connectivity index (χ4n) is 3.22. The third-order valence-electron chi connectivity index (χ3n) is 4.49. The number of aliphatic carboxylic acids is 1. The van der Waals surface area contributed by atoms with Gasteiger partial charge in [-0.25, -0.2) is 4.98 Å². The number of hydrogen-bond acceptors (Lipinski definition) is 3. The van der Waals surface area contributed by atoms with Crippen molar-refractivity contribution in [3.05, 3.63) is 77.9 Å². The molecule has 4 aromatic rings. The van der Waals surface area contributed by atoms with Crippen molar-refractivity contribution in [3.63, 3.8) is 0 Å². The van der Waals surface area contributed by atoms with Crippen LogP contribution in [-0.2, 0) is 11.2 Å². The molecule has 136 valence electrons. The number of rotatable bonds is 4. The SMILES string of the molecule is Cc1cccc2c(Nc3ccc(CC(=O)O)cc3)c3ccccc3nc12.O. The first kappa shape index (κ1) is 18.4. The Balaban J connectivity index is 0.00000210. The predicted molar refractivity (Wildman–Crippen MR) is 109 cm³/mol. The lowest BCUT2D eigenvalue weighted by molar-refractivity contribution is -0.136. The summed E-state index contributed by atoms with van der Waals surface area (Å²) < 4.78 is 0. The number of nitrogens with one attached hydrogen (secondary N) is 1. The molecule has 0 unspecified atom stereocenters. The zero-order valence-electron chi connectivity index (χ0n) is 14.9. The summed E-state index contributed by atoms with van der Waals surface area (Å²) in [7, 11) is 0. The number of carboxylic acids is 1. The summed E-state index contributed by atoms with van der Waals surface area (Å²) in [5.74, 6) is -0.827. The van der Waals surface area contributed by atoms with Crippen LogP contribution in [0.2, 0.25) is 0 Å². The van der Waals surface area contributed by atoms with Crippen LogP contribution in [0, 0.1) is 6.92 Å². The van der Waals surface area contributed by atoms with Gasteiger partial charge in [-0.2, -0.15) is 0 Å². The van der Waals surface area contributed by atoms with E-state index in [0.29, 0.717) is 0 Å². The van der Waals surface area contributed by atoms with Crippen molar-refractivity contribution in [1.82, 2.24) is 4.98 Å². The van der Waals surface area contributed by atoms with Gasteiger partial charge in [-0.15, -0.1) is 0 Å². The number of pyridine rings is 1. The molecule has 0 atom stereocenters. The molecule has 1 heterocycles. The Labute approximate surface area is 156 Å². The zero-order chi connectivity index (χ0) is 18.1. The summed E-state index contributed by atoms with van der Waals surface area (Å²) in [6.07, 6.45) is 0.0284. The Morgan fingerprint density at radius 2 is 1.67 bits per heavy atom. The van der Waals surface area contributed by atoms with Crippen molar-refractivity contribution in [1.29, 1.82) is 0 Å². The van der Waals surface area contributed by atoms with Gasteiger partial charge in [0.25, 0.3) is 0 Å². The van der Waals surface area contributed by atoms with Crippen molar-refractivity contribution in [2.24, 2.45) is 0 Å². The second-order valence-electron chi connectivity index (χ2n) is 6.37. The lowest BCUT2D eigenvalue weighted by Gasteiger charge is -2.14. The van der Waals surface area contributed by atoms with Crippen LogP contribution in [0.3, 0.4) is 0 Å². The van der Waals surface area contributed by atoms with E-state index in [4.69, 9.17) is 10.1 Å². The Morgan fingerprint density at radius 3 is 2.41 bits per heavy atom. The molecule has 1 aromatic heterocycles. The van der Waals surface area contributed by atoms with Crippen LogP contribution >= 0.6 is 0 Å². The van der Waals surface area contributed by atoms with E-state index >= 15 is 0 Å². The van der Waals surface area contributed by atoms with Crippen LogP contribution < -0.4 is 5.32 Å². The van der Waals surface area contributed by atoms with Gasteiger partial charge in [-0.3, -0.25) is 4.79 Å². The van der Waals surface area contributed by atoms with E-state index in [-0.39, 0.29) is 11.9 Å². The number of fused-ring (bicyclic) bond motifs is 2. The molecule has 4 N–H and O–H groups in total. The largest absolute Gasteiger partial charge is 0.481 e. The predicted octanol–water partition coefficient (Wildman–Crippen LogP) is 4.24. The lowest BCUT2D eigenvalue weighted by atomic mass is 10.0. The van der Waals surface area contributed by atoms with Crippen LogP contribution in [-0.4, -0.2) is 21.5 Å². The minimum absolute atomic E-state index is 0. The standard InChI is InChI=1S/C22H18N2O2.H2O/c1-14-5-4-7-18-21(14)24-19-8-3-2-6-17(19)22(18)23-16-11-9-15(10-12-16)13-20(25)26;/h2-12H,13H2,1H3,(H,23,24)(H,25,26);1H2. The summed E-state index contributed by atoms with van der Waals surface area (Å²) in [6, 6.07) is 21.8. The molecule has 0 amide bonds. The minimum Gasteiger partial charge on any atom is -0.481 e. The first-order chi connectivity index (χ1) is 12.6. The van der Waals surface area contributed by atoms with Gasteiger partial charge in [-0.1, -0.05) is 48.5 Å². The number of hydrogen-bond donors (Lipinski definition) is 2. The molecular formula is C22H20N2O3. The van der Waals surface area contributed by atoms with E-state index in [1.165, 1.54) is 0 Å². The van der Waals surface area contributed by atoms with Gasteiger partial charge >= 0.3 is 5.97 Å². The quantitative estimate of drug-likeness (QED) is 0.532. The molecule has 0 radical (unpaired) electrons. The summed E-state index contributed by atoms with van der Waals surface area (Å²) in [4.78, 5) is 15.7. The first-order valence-corrected chi connectivity index (χ1v) is 8.47. The molecule has 4 rings (SSSR count). The zero-order valence-corrected chi connectivity index (χ0v) is 14.9. The highest BCUT2D eigenvalue weighted by Gasteiger charge is 2.11. The van der Waals surface area contributed by atoms with Crippen LogP contribution in [0.25, 0.3) is 21.8 Å². The normalized spacial score (nSPS) is 10.6. The smallest absolute Gasteiger partial charge is 0.307 e. The third-order valence-corrected chi connectivity index (χ3v) is 4.49. The topological polar surface area (TPSA) is 93.7 Å². The highest BCUT2D eigenvalue weighted by Crippen LogP contribution is 2.34. The minimum atomic E-state index is -0.827. The van der Waals surface area contributed by atoms with E-state index in [2.05, 4.69) is 30.4 Å². The van der Waals surface area contributed by atoms with E-state index in [0.717, 1.165) is 44.3 Å². The Morgan fingerprint density at radius 1 is 0.963 bits per heavy atom. The Kier molecular flexibility index (Phi) is 5.05. The van der Waals surface area contributed by atoms with Crippen molar-refractivity contribution >= 4 is 39.1 Å². The second-order valence-corrected chi connectivity index (χ2v) is 6.37. The summed E-state index contributed by atoms with van der Waals surface area (Å²) >= 11 is 0. The monoisotopic (exact) mass is 360 g/mol. The number of anilines is 2. The maximum absolute atomic E-state index is 10.8. The third kappa shape index (κ3) is 3.59. The van der Waals surface area contributed by atoms with Crippen LogP contribution in [0.15, 0.2) is 66.7 Å². The maximum atomic E-state index is 10.8. The van der Waals surface area contributed by atoms with Gasteiger partial charge in [0.1, 0.15) is 0 Å². The highest BCUT2D eigenvalue weighted by molar-refractivity contribution is 6.09. The number of para-hydroxylation sites is 2. The van der Waals surface area contributed by atoms with Gasteiger partial charge in [0.2, 0.25) is 0 Å². The fourth-order valence-corrected chi connectivity index (χ4v) is 3.22. The molecule has 0 aliphatic heterocycles. The summed E-state index contributed by atoms with van der Waals surface area (Å²) in [6.45, 7) is 2.06. The highest BCUT2D eigenvalue weighted by atomic mass is 16.4. The summed E-state index contributed by atoms with van der Waals surface area (Å²) in [5.41, 5.74) is 5.77. The molecule has 0 aliphatic rings. The van der Waals surface area contributed by atoms with Crippen molar-refractivity contribution in [3.8, 4) is 0 Å². The van der Waals surface area contributed by atoms with E-state index in [9.17, 15) is 4.79 Å². The van der Waals surface area contributed by atoms with Crippen molar-refractivity contribution < 1.29 is 15.4 Å². The number of aryl methyl sites for hydroxylation is 1. The van der Waals surface area contributed by atoms with Gasteiger partial charge in [-0.05, 0) is 36.2 Å². The average Bonchev–Trinajstić information content (AvgIpc) is 2.63. The van der Waals surface area contributed by atoms with Crippen LogP contribution in [0.1, 0.15) is 11.1 Å². The van der Waals surface area contributed by atoms with Crippen LogP contribution in [0.4, 0.5) is 11.4 Å². The summed E-state index contributed by atoms with van der Waals surface area (Å²) in [5, 5.41) is 14.5. The number of benzene rings is 3. The molecule has 27 heavy (non-hydrogen) atoms. The number of aromatic nitrogens is 1. The maximum Gasteiger partial charge on any atom is 0.307 e. The molecule has 0 bridgehead atoms. The molecule has 0 saturated heterocycles. The van der Waals surface area contributed by atoms with Gasteiger partial charge in [0, 0.05) is 16.5 Å². The molecule has 0 aliphatic carbocycles. The van der Waals surface area contributed by atoms with Crippen molar-refractivity contribution in [2.45, 2.75) is 13.3 Å². The van der Waals surface area contributed by atoms with Gasteiger partial charge in [0.15, 0.2) is 0 Å². The molecule has 0 spiro atoms. The van der Waals surface area contributed by atoms with E-state index in [1.54, 1.807) is 0 Å². The van der Waals surface area contributed by atoms with Crippen LogP contribution in [0.5, 0.6) is 0 Å². The lowest BCUT2D eigenvalue weighted by Crippen LogP contribution is -2.00. The van der Waals surface area contributed by atoms with E-state index < -0.39 is 5.97 Å². The second kappa shape index (κ2) is 7.43. The first-order valence-electron chi connectivity index (χ1n) is 8.47. The molecule has 3 aromatic carbocycles.